The largest absolute Gasteiger partial charge is 0.493 e. The molecule has 3 aromatic rings. The molecule has 2 aromatic heterocycles. The molecule has 2 aliphatic heterocycles. The van der Waals surface area contributed by atoms with E-state index in [-0.39, 0.29) is 5.91 Å². The molecule has 0 spiro atoms. The van der Waals surface area contributed by atoms with Gasteiger partial charge in [-0.05, 0) is 30.3 Å². The van der Waals surface area contributed by atoms with Crippen molar-refractivity contribution in [1.82, 2.24) is 14.9 Å². The number of carbonyl (C=O) groups is 1. The average Bonchev–Trinajstić information content (AvgIpc) is 3.18. The summed E-state index contributed by atoms with van der Waals surface area (Å²) in [6.07, 6.45) is 2.42. The highest BCUT2D eigenvalue weighted by molar-refractivity contribution is 6.03. The van der Waals surface area contributed by atoms with Gasteiger partial charge in [0, 0.05) is 37.9 Å². The zero-order chi connectivity index (χ0) is 24.4. The topological polar surface area (TPSA) is 104 Å². The number of hydrogen-bond donors (Lipinski definition) is 1. The molecule has 0 atom stereocenters. The fourth-order valence-corrected chi connectivity index (χ4v) is 4.49. The third-order valence-electron chi connectivity index (χ3n) is 6.25. The molecule has 1 saturated heterocycles. The number of fused-ring (bicyclic) bond motifs is 1. The molecule has 0 bridgehead atoms. The minimum Gasteiger partial charge on any atom is -0.493 e. The second-order valence-electron chi connectivity index (χ2n) is 8.55. The summed E-state index contributed by atoms with van der Waals surface area (Å²) < 4.78 is 10.9. The second-order valence-corrected chi connectivity index (χ2v) is 8.55. The first kappa shape index (κ1) is 22.6. The van der Waals surface area contributed by atoms with E-state index in [2.05, 4.69) is 27.3 Å². The Bertz CT molecular complexity index is 1300. The molecule has 35 heavy (non-hydrogen) atoms. The van der Waals surface area contributed by atoms with Gasteiger partial charge in [0.25, 0.3) is 5.91 Å². The molecule has 4 heterocycles. The summed E-state index contributed by atoms with van der Waals surface area (Å²) in [4.78, 5) is 26.2. The lowest BCUT2D eigenvalue weighted by Gasteiger charge is -2.28. The maximum Gasteiger partial charge on any atom is 0.257 e. The van der Waals surface area contributed by atoms with Gasteiger partial charge in [-0.3, -0.25) is 14.8 Å². The summed E-state index contributed by atoms with van der Waals surface area (Å²) in [5.74, 6) is 0.339. The first-order valence-electron chi connectivity index (χ1n) is 11.5. The van der Waals surface area contributed by atoms with Gasteiger partial charge in [-0.25, -0.2) is 0 Å². The molecule has 9 nitrogen and oxygen atoms in total. The number of ether oxygens (including phenoxy) is 2. The van der Waals surface area contributed by atoms with Gasteiger partial charge in [0.15, 0.2) is 5.75 Å². The molecular formula is C26H26N6O3. The molecule has 9 heteroatoms. The van der Waals surface area contributed by atoms with Crippen LogP contribution in [0.2, 0.25) is 0 Å². The van der Waals surface area contributed by atoms with Crippen molar-refractivity contribution in [1.29, 1.82) is 5.26 Å². The van der Waals surface area contributed by atoms with E-state index in [0.29, 0.717) is 41.2 Å². The van der Waals surface area contributed by atoms with Gasteiger partial charge in [0.2, 0.25) is 0 Å². The number of nitriles is 1. The van der Waals surface area contributed by atoms with Crippen LogP contribution in [-0.4, -0.2) is 61.2 Å². The third kappa shape index (κ3) is 4.48. The minimum absolute atomic E-state index is 0.0926. The molecule has 1 aromatic carbocycles. The minimum atomic E-state index is -0.0926. The van der Waals surface area contributed by atoms with Gasteiger partial charge in [-0.1, -0.05) is 6.07 Å². The van der Waals surface area contributed by atoms with E-state index in [0.717, 1.165) is 49.1 Å². The molecule has 0 aliphatic carbocycles. The molecule has 178 valence electrons. The van der Waals surface area contributed by atoms with Crippen LogP contribution in [0.5, 0.6) is 5.75 Å². The maximum absolute atomic E-state index is 12.9. The standard InChI is InChI=1S/C26H26N6O3/c1-31-16-23-24(26(31)33)22(30-21-5-3-4-17(14-27)25(21)34-2)13-19(29-23)12-18-6-7-20(15-28-18)32-8-10-35-11-9-32/h3-7,13,15H,8-12,16H2,1-2H3,(H,29,30). The zero-order valence-electron chi connectivity index (χ0n) is 19.7. The van der Waals surface area contributed by atoms with Crippen LogP contribution in [-0.2, 0) is 17.7 Å². The normalized spacial score (nSPS) is 15.1. The van der Waals surface area contributed by atoms with E-state index in [4.69, 9.17) is 14.5 Å². The van der Waals surface area contributed by atoms with Crippen LogP contribution in [0.4, 0.5) is 17.1 Å². The molecule has 1 N–H and O–H groups in total. The van der Waals surface area contributed by atoms with Crippen molar-refractivity contribution in [3.8, 4) is 11.8 Å². The number of hydrogen-bond acceptors (Lipinski definition) is 8. The van der Waals surface area contributed by atoms with E-state index < -0.39 is 0 Å². The Balaban J connectivity index is 1.45. The Morgan fingerprint density at radius 3 is 2.71 bits per heavy atom. The SMILES string of the molecule is COc1c(C#N)cccc1Nc1cc(Cc2ccc(N3CCOCC3)cn2)nc2c1C(=O)N(C)C2. The Labute approximate surface area is 203 Å². The number of rotatable bonds is 6. The lowest BCUT2D eigenvalue weighted by molar-refractivity contribution is 0.0817. The molecular weight excluding hydrogens is 444 g/mol. The first-order chi connectivity index (χ1) is 17.1. The Hall–Kier alpha value is -4.16. The highest BCUT2D eigenvalue weighted by Gasteiger charge is 2.30. The van der Waals surface area contributed by atoms with Crippen molar-refractivity contribution in [2.45, 2.75) is 13.0 Å². The molecule has 1 fully saturated rings. The quantitative estimate of drug-likeness (QED) is 0.586. The van der Waals surface area contributed by atoms with Crippen molar-refractivity contribution in [2.24, 2.45) is 0 Å². The molecule has 0 radical (unpaired) electrons. The number of aromatic nitrogens is 2. The highest BCUT2D eigenvalue weighted by atomic mass is 16.5. The van der Waals surface area contributed by atoms with Crippen molar-refractivity contribution < 1.29 is 14.3 Å². The second kappa shape index (κ2) is 9.60. The molecule has 2 aliphatic rings. The molecule has 1 amide bonds. The summed E-state index contributed by atoms with van der Waals surface area (Å²) in [6, 6.07) is 13.4. The summed E-state index contributed by atoms with van der Waals surface area (Å²) in [7, 11) is 3.28. The third-order valence-corrected chi connectivity index (χ3v) is 6.25. The van der Waals surface area contributed by atoms with E-state index >= 15 is 0 Å². The number of nitrogens with one attached hydrogen (secondary N) is 1. The number of para-hydroxylation sites is 1. The van der Waals surface area contributed by atoms with Crippen LogP contribution in [0.25, 0.3) is 0 Å². The number of carbonyl (C=O) groups excluding carboxylic acids is 1. The predicted octanol–water partition coefficient (Wildman–Crippen LogP) is 3.11. The zero-order valence-corrected chi connectivity index (χ0v) is 19.7. The Kier molecular flexibility index (Phi) is 6.21. The van der Waals surface area contributed by atoms with Crippen LogP contribution in [0.1, 0.15) is 33.0 Å². The molecule has 0 saturated carbocycles. The van der Waals surface area contributed by atoms with Gasteiger partial charge < -0.3 is 24.6 Å². The summed E-state index contributed by atoms with van der Waals surface area (Å²) in [6.45, 7) is 3.62. The van der Waals surface area contributed by atoms with Crippen molar-refractivity contribution in [3.05, 3.63) is 70.8 Å². The number of amides is 1. The number of morpholine rings is 1. The number of methoxy groups -OCH3 is 1. The fourth-order valence-electron chi connectivity index (χ4n) is 4.49. The van der Waals surface area contributed by atoms with Crippen molar-refractivity contribution in [2.75, 3.05) is 50.7 Å². The summed E-state index contributed by atoms with van der Waals surface area (Å²) >= 11 is 0. The van der Waals surface area contributed by atoms with Crippen LogP contribution < -0.4 is 15.0 Å². The van der Waals surface area contributed by atoms with Crippen molar-refractivity contribution >= 4 is 23.0 Å². The van der Waals surface area contributed by atoms with E-state index in [1.165, 1.54) is 7.11 Å². The summed E-state index contributed by atoms with van der Waals surface area (Å²) in [5, 5.41) is 12.8. The number of benzene rings is 1. The lowest BCUT2D eigenvalue weighted by atomic mass is 10.1. The Morgan fingerprint density at radius 1 is 1.17 bits per heavy atom. The average molecular weight is 471 g/mol. The van der Waals surface area contributed by atoms with Gasteiger partial charge in [-0.2, -0.15) is 5.26 Å². The number of nitrogens with zero attached hydrogens (tertiary/aromatic N) is 5. The lowest BCUT2D eigenvalue weighted by Crippen LogP contribution is -2.36. The van der Waals surface area contributed by atoms with Crippen molar-refractivity contribution in [3.63, 3.8) is 0 Å². The van der Waals surface area contributed by atoms with Gasteiger partial charge in [0.05, 0.1) is 66.9 Å². The van der Waals surface area contributed by atoms with Crippen LogP contribution >= 0.6 is 0 Å². The highest BCUT2D eigenvalue weighted by Crippen LogP contribution is 2.35. The fraction of sp³-hybridized carbons (Fsp3) is 0.308. The predicted molar refractivity (Wildman–Crippen MR) is 131 cm³/mol. The summed E-state index contributed by atoms with van der Waals surface area (Å²) in [5.41, 5.74) is 5.70. The van der Waals surface area contributed by atoms with Crippen LogP contribution in [0.3, 0.4) is 0 Å². The first-order valence-corrected chi connectivity index (χ1v) is 11.5. The monoisotopic (exact) mass is 470 g/mol. The van der Waals surface area contributed by atoms with Gasteiger partial charge in [0.1, 0.15) is 6.07 Å². The smallest absolute Gasteiger partial charge is 0.257 e. The number of pyridine rings is 2. The van der Waals surface area contributed by atoms with E-state index in [1.54, 1.807) is 24.1 Å². The van der Waals surface area contributed by atoms with Crippen LogP contribution in [0.15, 0.2) is 42.6 Å². The molecule has 0 unspecified atom stereocenters. The Morgan fingerprint density at radius 2 is 2.00 bits per heavy atom. The molecule has 5 rings (SSSR count). The number of anilines is 3. The maximum atomic E-state index is 12.9. The van der Waals surface area contributed by atoms with E-state index in [9.17, 15) is 10.1 Å². The van der Waals surface area contributed by atoms with Crippen LogP contribution in [0, 0.1) is 11.3 Å². The van der Waals surface area contributed by atoms with Gasteiger partial charge >= 0.3 is 0 Å². The van der Waals surface area contributed by atoms with Gasteiger partial charge in [-0.15, -0.1) is 0 Å². The van der Waals surface area contributed by atoms with E-state index in [1.807, 2.05) is 24.4 Å².